The van der Waals surface area contributed by atoms with Gasteiger partial charge < -0.3 is 4.74 Å². The van der Waals surface area contributed by atoms with Gasteiger partial charge in [-0.2, -0.15) is 16.2 Å². The van der Waals surface area contributed by atoms with E-state index in [-0.39, 0.29) is 10.8 Å². The molecule has 1 aromatic rings. The Hall–Kier alpha value is -1.01. The number of ether oxygens (including phenoxy) is 1. The maximum atomic E-state index is 13.3. The number of nitro groups is 1. The van der Waals surface area contributed by atoms with E-state index in [1.165, 1.54) is 5.75 Å². The molecule has 0 amide bonds. The maximum absolute atomic E-state index is 13.3. The first kappa shape index (κ1) is 14.4. The summed E-state index contributed by atoms with van der Waals surface area (Å²) in [6.07, 6.45) is 2.23. The van der Waals surface area contributed by atoms with E-state index in [1.807, 2.05) is 11.8 Å². The lowest BCUT2D eigenvalue weighted by molar-refractivity contribution is -0.387. The van der Waals surface area contributed by atoms with Crippen LogP contribution in [-0.4, -0.2) is 23.0 Å². The molecule has 0 bridgehead atoms. The highest BCUT2D eigenvalue weighted by atomic mass is 35.5. The summed E-state index contributed by atoms with van der Waals surface area (Å²) in [5, 5.41) is 10.7. The van der Waals surface area contributed by atoms with E-state index in [0.717, 1.165) is 30.7 Å². The van der Waals surface area contributed by atoms with Gasteiger partial charge in [-0.1, -0.05) is 11.6 Å². The zero-order valence-corrected chi connectivity index (χ0v) is 11.7. The molecule has 7 heteroatoms. The van der Waals surface area contributed by atoms with Crippen LogP contribution in [0.5, 0.6) is 5.75 Å². The molecule has 0 radical (unpaired) electrons. The third-order valence-corrected chi connectivity index (χ3v) is 4.51. The van der Waals surface area contributed by atoms with Crippen LogP contribution < -0.4 is 4.74 Å². The molecule has 104 valence electrons. The number of rotatable bonds is 4. The van der Waals surface area contributed by atoms with E-state index in [0.29, 0.717) is 12.5 Å². The van der Waals surface area contributed by atoms with Gasteiger partial charge in [0.1, 0.15) is 5.75 Å². The zero-order chi connectivity index (χ0) is 13.8. The Bertz CT molecular complexity index is 480. The minimum atomic E-state index is -0.949. The smallest absolute Gasteiger partial charge is 0.308 e. The first-order valence-electron chi connectivity index (χ1n) is 5.92. The Kier molecular flexibility index (Phi) is 4.87. The average molecular weight is 306 g/mol. The number of hydrogen-bond acceptors (Lipinski definition) is 4. The molecular weight excluding hydrogens is 293 g/mol. The second-order valence-electron chi connectivity index (χ2n) is 4.39. The van der Waals surface area contributed by atoms with Crippen molar-refractivity contribution in [3.05, 3.63) is 33.1 Å². The maximum Gasteiger partial charge on any atom is 0.308 e. The van der Waals surface area contributed by atoms with Crippen LogP contribution in [0.15, 0.2) is 12.1 Å². The highest BCUT2D eigenvalue weighted by Crippen LogP contribution is 2.32. The average Bonchev–Trinajstić information content (AvgIpc) is 2.38. The van der Waals surface area contributed by atoms with Gasteiger partial charge in [-0.05, 0) is 24.3 Å². The Morgan fingerprint density at radius 1 is 1.58 bits per heavy atom. The molecule has 2 rings (SSSR count). The van der Waals surface area contributed by atoms with Crippen LogP contribution in [-0.2, 0) is 0 Å². The van der Waals surface area contributed by atoms with Crippen LogP contribution >= 0.6 is 23.4 Å². The summed E-state index contributed by atoms with van der Waals surface area (Å²) in [5.41, 5.74) is -0.614. The molecule has 1 unspecified atom stereocenters. The minimum absolute atomic E-state index is 0.0616. The quantitative estimate of drug-likeness (QED) is 0.625. The van der Waals surface area contributed by atoms with E-state index in [1.54, 1.807) is 0 Å². The topological polar surface area (TPSA) is 52.4 Å². The minimum Gasteiger partial charge on any atom is -0.491 e. The molecular formula is C12H13ClFNO3S. The predicted octanol–water partition coefficient (Wildman–Crippen LogP) is 3.91. The fraction of sp³-hybridized carbons (Fsp3) is 0.500. The zero-order valence-electron chi connectivity index (χ0n) is 10.1. The largest absolute Gasteiger partial charge is 0.491 e. The molecule has 19 heavy (non-hydrogen) atoms. The van der Waals surface area contributed by atoms with Crippen molar-refractivity contribution < 1.29 is 14.1 Å². The van der Waals surface area contributed by atoms with Gasteiger partial charge in [0, 0.05) is 12.0 Å². The monoisotopic (exact) mass is 305 g/mol. The highest BCUT2D eigenvalue weighted by Gasteiger charge is 2.20. The summed E-state index contributed by atoms with van der Waals surface area (Å²) in [5.74, 6) is 1.82. The van der Waals surface area contributed by atoms with Crippen molar-refractivity contribution in [2.75, 3.05) is 18.1 Å². The summed E-state index contributed by atoms with van der Waals surface area (Å²) in [6.45, 7) is 0.454. The van der Waals surface area contributed by atoms with Crippen molar-refractivity contribution in [2.45, 2.75) is 12.8 Å². The second kappa shape index (κ2) is 6.43. The number of halogens is 2. The Morgan fingerprint density at radius 2 is 2.37 bits per heavy atom. The molecule has 0 aliphatic carbocycles. The Morgan fingerprint density at radius 3 is 3.00 bits per heavy atom. The molecule has 1 heterocycles. The van der Waals surface area contributed by atoms with Gasteiger partial charge >= 0.3 is 5.69 Å². The second-order valence-corrected chi connectivity index (χ2v) is 5.94. The van der Waals surface area contributed by atoms with E-state index < -0.39 is 16.4 Å². The van der Waals surface area contributed by atoms with Crippen LogP contribution in [0.25, 0.3) is 0 Å². The number of benzene rings is 1. The summed E-state index contributed by atoms with van der Waals surface area (Å²) in [7, 11) is 0. The molecule has 0 spiro atoms. The number of nitrogens with zero attached hydrogens (tertiary/aromatic N) is 1. The molecule has 1 fully saturated rings. The van der Waals surface area contributed by atoms with Crippen LogP contribution in [0.1, 0.15) is 12.8 Å². The van der Waals surface area contributed by atoms with Gasteiger partial charge in [-0.25, -0.2) is 0 Å². The molecule has 0 N–H and O–H groups in total. The standard InChI is InChI=1S/C12H13ClFNO3S/c13-9-4-10(14)11(15(16)17)5-12(9)18-6-8-2-1-3-19-7-8/h4-5,8H,1-3,6-7H2. The van der Waals surface area contributed by atoms with E-state index in [9.17, 15) is 14.5 Å². The van der Waals surface area contributed by atoms with E-state index in [2.05, 4.69) is 0 Å². The molecule has 1 atom stereocenters. The lowest BCUT2D eigenvalue weighted by atomic mass is 10.1. The Labute approximate surface area is 119 Å². The molecule has 1 aromatic carbocycles. The lowest BCUT2D eigenvalue weighted by Gasteiger charge is -2.21. The lowest BCUT2D eigenvalue weighted by Crippen LogP contribution is -2.18. The van der Waals surface area contributed by atoms with Crippen LogP contribution in [0, 0.1) is 21.8 Å². The van der Waals surface area contributed by atoms with Gasteiger partial charge in [0.05, 0.1) is 22.6 Å². The third-order valence-electron chi connectivity index (χ3n) is 2.93. The number of thioether (sulfide) groups is 1. The fourth-order valence-corrected chi connectivity index (χ4v) is 3.25. The van der Waals surface area contributed by atoms with Gasteiger partial charge in [0.15, 0.2) is 0 Å². The molecule has 1 aliphatic rings. The highest BCUT2D eigenvalue weighted by molar-refractivity contribution is 7.99. The molecule has 0 saturated carbocycles. The van der Waals surface area contributed by atoms with Crippen molar-refractivity contribution in [2.24, 2.45) is 5.92 Å². The van der Waals surface area contributed by atoms with Crippen molar-refractivity contribution in [1.82, 2.24) is 0 Å². The first-order valence-corrected chi connectivity index (χ1v) is 7.45. The summed E-state index contributed by atoms with van der Waals surface area (Å²) < 4.78 is 18.8. The number of nitro benzene ring substituents is 1. The summed E-state index contributed by atoms with van der Waals surface area (Å²) >= 11 is 7.70. The van der Waals surface area contributed by atoms with Crippen LogP contribution in [0.4, 0.5) is 10.1 Å². The number of hydrogen-bond donors (Lipinski definition) is 0. The third kappa shape index (κ3) is 3.73. The predicted molar refractivity (Wildman–Crippen MR) is 73.6 cm³/mol. The van der Waals surface area contributed by atoms with E-state index in [4.69, 9.17) is 16.3 Å². The van der Waals surface area contributed by atoms with Gasteiger partial charge in [0.2, 0.25) is 5.82 Å². The van der Waals surface area contributed by atoms with Gasteiger partial charge in [-0.3, -0.25) is 10.1 Å². The molecule has 1 aliphatic heterocycles. The van der Waals surface area contributed by atoms with E-state index >= 15 is 0 Å². The first-order chi connectivity index (χ1) is 9.08. The van der Waals surface area contributed by atoms with Crippen molar-refractivity contribution in [1.29, 1.82) is 0 Å². The molecule has 4 nitrogen and oxygen atoms in total. The molecule has 0 aromatic heterocycles. The summed E-state index contributed by atoms with van der Waals surface area (Å²) in [4.78, 5) is 9.87. The van der Waals surface area contributed by atoms with Gasteiger partial charge in [0.25, 0.3) is 0 Å². The van der Waals surface area contributed by atoms with Crippen molar-refractivity contribution >= 4 is 29.1 Å². The summed E-state index contributed by atoms with van der Waals surface area (Å²) in [6, 6.07) is 1.97. The van der Waals surface area contributed by atoms with Gasteiger partial charge in [-0.15, -0.1) is 0 Å². The van der Waals surface area contributed by atoms with Crippen molar-refractivity contribution in [3.63, 3.8) is 0 Å². The normalized spacial score (nSPS) is 19.2. The fourth-order valence-electron chi connectivity index (χ4n) is 1.92. The SMILES string of the molecule is O=[N+]([O-])c1cc(OCC2CCCSC2)c(Cl)cc1F. The molecule has 1 saturated heterocycles. The van der Waals surface area contributed by atoms with Crippen LogP contribution in [0.3, 0.4) is 0 Å². The van der Waals surface area contributed by atoms with Crippen LogP contribution in [0.2, 0.25) is 5.02 Å². The Balaban J connectivity index is 2.06. The van der Waals surface area contributed by atoms with Crippen molar-refractivity contribution in [3.8, 4) is 5.75 Å².